The SMILES string of the molecule is C=C.CCO.CCc1ccccc1C. The van der Waals surface area contributed by atoms with Gasteiger partial charge in [0.15, 0.2) is 0 Å². The third-order valence-corrected chi connectivity index (χ3v) is 1.64. The zero-order chi connectivity index (χ0) is 11.4. The zero-order valence-electron chi connectivity index (χ0n) is 9.59. The summed E-state index contributed by atoms with van der Waals surface area (Å²) >= 11 is 0. The minimum atomic E-state index is 0.250. The van der Waals surface area contributed by atoms with E-state index in [1.54, 1.807) is 6.92 Å². The van der Waals surface area contributed by atoms with Gasteiger partial charge in [0, 0.05) is 6.61 Å². The molecule has 0 spiro atoms. The molecule has 1 heteroatoms. The van der Waals surface area contributed by atoms with Gasteiger partial charge in [0.2, 0.25) is 0 Å². The van der Waals surface area contributed by atoms with Crippen molar-refractivity contribution in [3.05, 3.63) is 48.6 Å². The predicted octanol–water partition coefficient (Wildman–Crippen LogP) is 3.36. The van der Waals surface area contributed by atoms with E-state index in [0.717, 1.165) is 6.42 Å². The minimum absolute atomic E-state index is 0.250. The second-order valence-electron chi connectivity index (χ2n) is 2.60. The lowest BCUT2D eigenvalue weighted by molar-refractivity contribution is 0.318. The molecule has 1 nitrogen and oxygen atoms in total. The molecule has 1 rings (SSSR count). The first-order valence-corrected chi connectivity index (χ1v) is 4.91. The van der Waals surface area contributed by atoms with Gasteiger partial charge in [0.1, 0.15) is 0 Å². The van der Waals surface area contributed by atoms with Crippen molar-refractivity contribution in [2.45, 2.75) is 27.2 Å². The molecule has 0 aromatic heterocycles. The summed E-state index contributed by atoms with van der Waals surface area (Å²) in [5.41, 5.74) is 2.86. The van der Waals surface area contributed by atoms with Gasteiger partial charge in [-0.2, -0.15) is 0 Å². The van der Waals surface area contributed by atoms with Crippen LogP contribution in [0.3, 0.4) is 0 Å². The third kappa shape index (κ3) is 7.56. The van der Waals surface area contributed by atoms with Gasteiger partial charge in [0.25, 0.3) is 0 Å². The first-order chi connectivity index (χ1) is 6.76. The van der Waals surface area contributed by atoms with Crippen molar-refractivity contribution >= 4 is 0 Å². The standard InChI is InChI=1S/C9H12.C2H6O.C2H4/c1-3-9-7-5-4-6-8(9)2;1-2-3;1-2/h4-7H,3H2,1-2H3;3H,2H2,1H3;1-2H2. The number of aliphatic hydroxyl groups is 1. The summed E-state index contributed by atoms with van der Waals surface area (Å²) in [6.45, 7) is 12.3. The summed E-state index contributed by atoms with van der Waals surface area (Å²) in [5.74, 6) is 0. The average molecular weight is 194 g/mol. The number of hydrogen-bond acceptors (Lipinski definition) is 1. The van der Waals surface area contributed by atoms with Crippen molar-refractivity contribution in [1.29, 1.82) is 0 Å². The number of aryl methyl sites for hydroxylation is 2. The molecule has 0 unspecified atom stereocenters. The Morgan fingerprint density at radius 1 is 1.14 bits per heavy atom. The Kier molecular flexibility index (Phi) is 13.1. The molecule has 1 N–H and O–H groups in total. The van der Waals surface area contributed by atoms with E-state index in [4.69, 9.17) is 5.11 Å². The first-order valence-electron chi connectivity index (χ1n) is 4.91. The van der Waals surface area contributed by atoms with Crippen LogP contribution in [-0.2, 0) is 6.42 Å². The predicted molar refractivity (Wildman–Crippen MR) is 64.6 cm³/mol. The lowest BCUT2D eigenvalue weighted by Gasteiger charge is -1.98. The molecule has 14 heavy (non-hydrogen) atoms. The number of rotatable bonds is 1. The molecule has 1 aromatic rings. The Balaban J connectivity index is 0. The Bertz CT molecular complexity index is 218. The fourth-order valence-corrected chi connectivity index (χ4v) is 1.01. The van der Waals surface area contributed by atoms with Crippen LogP contribution >= 0.6 is 0 Å². The molecule has 0 fully saturated rings. The van der Waals surface area contributed by atoms with Crippen LogP contribution in [-0.4, -0.2) is 11.7 Å². The average Bonchev–Trinajstić information content (AvgIpc) is 2.23. The summed E-state index contributed by atoms with van der Waals surface area (Å²) in [5, 5.41) is 7.57. The normalized spacial score (nSPS) is 7.71. The Morgan fingerprint density at radius 3 is 1.86 bits per heavy atom. The van der Waals surface area contributed by atoms with Gasteiger partial charge < -0.3 is 5.11 Å². The van der Waals surface area contributed by atoms with Gasteiger partial charge in [-0.25, -0.2) is 0 Å². The van der Waals surface area contributed by atoms with Gasteiger partial charge in [-0.1, -0.05) is 31.2 Å². The number of benzene rings is 1. The molecule has 0 amide bonds. The summed E-state index contributed by atoms with van der Waals surface area (Å²) in [4.78, 5) is 0. The lowest BCUT2D eigenvalue weighted by atomic mass is 10.1. The van der Waals surface area contributed by atoms with E-state index in [9.17, 15) is 0 Å². The van der Waals surface area contributed by atoms with E-state index < -0.39 is 0 Å². The van der Waals surface area contributed by atoms with E-state index in [1.165, 1.54) is 11.1 Å². The molecule has 0 saturated heterocycles. The Labute approximate surface area is 88.1 Å². The van der Waals surface area contributed by atoms with Crippen LogP contribution in [0.25, 0.3) is 0 Å². The quantitative estimate of drug-likeness (QED) is 0.680. The van der Waals surface area contributed by atoms with E-state index in [1.807, 2.05) is 0 Å². The highest BCUT2D eigenvalue weighted by Crippen LogP contribution is 2.06. The van der Waals surface area contributed by atoms with Crippen molar-refractivity contribution in [3.63, 3.8) is 0 Å². The molecule has 0 radical (unpaired) electrons. The molecular formula is C13H22O. The number of aliphatic hydroxyl groups excluding tert-OH is 1. The van der Waals surface area contributed by atoms with Crippen molar-refractivity contribution in [2.75, 3.05) is 6.61 Å². The summed E-state index contributed by atoms with van der Waals surface area (Å²) in [6.07, 6.45) is 1.15. The Hall–Kier alpha value is -1.08. The fourth-order valence-electron chi connectivity index (χ4n) is 1.01. The van der Waals surface area contributed by atoms with E-state index >= 15 is 0 Å². The highest BCUT2D eigenvalue weighted by molar-refractivity contribution is 5.24. The second kappa shape index (κ2) is 11.9. The molecule has 80 valence electrons. The van der Waals surface area contributed by atoms with Gasteiger partial charge in [-0.05, 0) is 31.4 Å². The summed E-state index contributed by atoms with van der Waals surface area (Å²) < 4.78 is 0. The van der Waals surface area contributed by atoms with Gasteiger partial charge >= 0.3 is 0 Å². The molecule has 0 aliphatic carbocycles. The lowest BCUT2D eigenvalue weighted by Crippen LogP contribution is -1.82. The van der Waals surface area contributed by atoms with Gasteiger partial charge in [-0.3, -0.25) is 0 Å². The molecule has 0 aliphatic heterocycles. The zero-order valence-corrected chi connectivity index (χ0v) is 9.59. The van der Waals surface area contributed by atoms with Crippen molar-refractivity contribution in [1.82, 2.24) is 0 Å². The van der Waals surface area contributed by atoms with Crippen LogP contribution in [0.5, 0.6) is 0 Å². The van der Waals surface area contributed by atoms with Crippen molar-refractivity contribution in [2.24, 2.45) is 0 Å². The van der Waals surface area contributed by atoms with Crippen LogP contribution in [0.15, 0.2) is 37.4 Å². The van der Waals surface area contributed by atoms with Gasteiger partial charge in [0.05, 0.1) is 0 Å². The van der Waals surface area contributed by atoms with Gasteiger partial charge in [-0.15, -0.1) is 13.2 Å². The topological polar surface area (TPSA) is 20.2 Å². The monoisotopic (exact) mass is 194 g/mol. The molecule has 0 saturated carbocycles. The molecule has 0 bridgehead atoms. The van der Waals surface area contributed by atoms with E-state index in [2.05, 4.69) is 51.3 Å². The molecule has 0 heterocycles. The van der Waals surface area contributed by atoms with Crippen LogP contribution in [0.1, 0.15) is 25.0 Å². The van der Waals surface area contributed by atoms with Crippen LogP contribution < -0.4 is 0 Å². The molecule has 0 aliphatic rings. The highest BCUT2D eigenvalue weighted by Gasteiger charge is 1.89. The molecular weight excluding hydrogens is 172 g/mol. The minimum Gasteiger partial charge on any atom is -0.397 e. The van der Waals surface area contributed by atoms with Crippen molar-refractivity contribution in [3.8, 4) is 0 Å². The third-order valence-electron chi connectivity index (χ3n) is 1.64. The second-order valence-corrected chi connectivity index (χ2v) is 2.60. The van der Waals surface area contributed by atoms with Crippen LogP contribution in [0.2, 0.25) is 0 Å². The number of hydrogen-bond donors (Lipinski definition) is 1. The van der Waals surface area contributed by atoms with Crippen LogP contribution in [0.4, 0.5) is 0 Å². The van der Waals surface area contributed by atoms with Crippen molar-refractivity contribution < 1.29 is 5.11 Å². The summed E-state index contributed by atoms with van der Waals surface area (Å²) in [6, 6.07) is 8.49. The van der Waals surface area contributed by atoms with E-state index in [-0.39, 0.29) is 6.61 Å². The maximum atomic E-state index is 7.57. The first kappa shape index (κ1) is 15.4. The largest absolute Gasteiger partial charge is 0.397 e. The smallest absolute Gasteiger partial charge is 0.0402 e. The van der Waals surface area contributed by atoms with Crippen LogP contribution in [0, 0.1) is 6.92 Å². The molecule has 1 aromatic carbocycles. The Morgan fingerprint density at radius 2 is 1.57 bits per heavy atom. The fraction of sp³-hybridized carbons (Fsp3) is 0.385. The highest BCUT2D eigenvalue weighted by atomic mass is 16.2. The van der Waals surface area contributed by atoms with E-state index in [0.29, 0.717) is 0 Å². The summed E-state index contributed by atoms with van der Waals surface area (Å²) in [7, 11) is 0. The molecule has 0 atom stereocenters. The maximum Gasteiger partial charge on any atom is 0.0402 e. The maximum absolute atomic E-state index is 7.57.